The zero-order valence-corrected chi connectivity index (χ0v) is 13.7. The van der Waals surface area contributed by atoms with Crippen molar-refractivity contribution < 1.29 is 14.5 Å². The fraction of sp³-hybridized carbons (Fsp3) is 0.222. The van der Waals surface area contributed by atoms with Crippen molar-refractivity contribution in [3.05, 3.63) is 63.7 Å². The first-order valence-corrected chi connectivity index (χ1v) is 7.92. The van der Waals surface area contributed by atoms with Crippen LogP contribution in [0.2, 0.25) is 0 Å². The van der Waals surface area contributed by atoms with Gasteiger partial charge in [0.05, 0.1) is 4.92 Å². The van der Waals surface area contributed by atoms with Crippen LogP contribution in [-0.4, -0.2) is 23.3 Å². The lowest BCUT2D eigenvalue weighted by molar-refractivity contribution is -0.384. The molecule has 0 fully saturated rings. The van der Waals surface area contributed by atoms with Gasteiger partial charge in [-0.25, -0.2) is 0 Å². The second-order valence-corrected chi connectivity index (χ2v) is 5.88. The van der Waals surface area contributed by atoms with E-state index in [4.69, 9.17) is 0 Å². The first kappa shape index (κ1) is 16.6. The van der Waals surface area contributed by atoms with Gasteiger partial charge in [0.15, 0.2) is 0 Å². The smallest absolute Gasteiger partial charge is 0.270 e. The third-order valence-electron chi connectivity index (χ3n) is 4.16. The number of nitrogens with one attached hydrogen (secondary N) is 1. The molecule has 0 unspecified atom stereocenters. The number of non-ortho nitro benzene ring substituents is 1. The molecule has 1 heterocycles. The van der Waals surface area contributed by atoms with Crippen molar-refractivity contribution in [1.82, 2.24) is 0 Å². The molecule has 128 valence electrons. The molecule has 1 aliphatic heterocycles. The number of carbonyl (C=O) groups is 2. The highest BCUT2D eigenvalue weighted by molar-refractivity contribution is 6.05. The number of nitro groups is 1. The highest BCUT2D eigenvalue weighted by Gasteiger charge is 2.20. The maximum atomic E-state index is 12.3. The fourth-order valence-corrected chi connectivity index (χ4v) is 2.97. The Bertz CT molecular complexity index is 863. The topological polar surface area (TPSA) is 92.6 Å². The van der Waals surface area contributed by atoms with Gasteiger partial charge in [-0.3, -0.25) is 19.7 Å². The maximum absolute atomic E-state index is 12.3. The average Bonchev–Trinajstić information content (AvgIpc) is 2.61. The molecule has 2 aromatic rings. The minimum atomic E-state index is -0.536. The summed E-state index contributed by atoms with van der Waals surface area (Å²) in [5.41, 5.74) is 2.55. The number of rotatable bonds is 3. The van der Waals surface area contributed by atoms with Crippen molar-refractivity contribution in [3.8, 4) is 0 Å². The summed E-state index contributed by atoms with van der Waals surface area (Å²) in [6.45, 7) is 2.23. The molecule has 0 spiro atoms. The highest BCUT2D eigenvalue weighted by atomic mass is 16.6. The molecule has 0 aliphatic carbocycles. The highest BCUT2D eigenvalue weighted by Crippen LogP contribution is 2.30. The van der Waals surface area contributed by atoms with Crippen LogP contribution in [0.5, 0.6) is 0 Å². The van der Waals surface area contributed by atoms with Crippen LogP contribution in [0.1, 0.15) is 29.3 Å². The summed E-state index contributed by atoms with van der Waals surface area (Å²) >= 11 is 0. The number of hydrogen-bond donors (Lipinski definition) is 1. The van der Waals surface area contributed by atoms with Gasteiger partial charge in [-0.1, -0.05) is 6.07 Å². The van der Waals surface area contributed by atoms with Crippen molar-refractivity contribution in [2.24, 2.45) is 0 Å². The molecular formula is C18H17N3O4. The van der Waals surface area contributed by atoms with Gasteiger partial charge in [0, 0.05) is 42.5 Å². The zero-order chi connectivity index (χ0) is 18.0. The number of amides is 2. The van der Waals surface area contributed by atoms with Crippen LogP contribution >= 0.6 is 0 Å². The van der Waals surface area contributed by atoms with E-state index in [1.807, 2.05) is 12.1 Å². The Labute approximate surface area is 144 Å². The van der Waals surface area contributed by atoms with E-state index in [1.165, 1.54) is 31.2 Å². The average molecular weight is 339 g/mol. The second-order valence-electron chi connectivity index (χ2n) is 5.88. The predicted octanol–water partition coefficient (Wildman–Crippen LogP) is 3.15. The molecule has 2 amide bonds. The van der Waals surface area contributed by atoms with Gasteiger partial charge >= 0.3 is 0 Å². The van der Waals surface area contributed by atoms with Gasteiger partial charge in [0.25, 0.3) is 11.6 Å². The summed E-state index contributed by atoms with van der Waals surface area (Å²) in [5, 5.41) is 13.6. The predicted molar refractivity (Wildman–Crippen MR) is 93.8 cm³/mol. The van der Waals surface area contributed by atoms with Crippen LogP contribution in [0.4, 0.5) is 17.1 Å². The SMILES string of the molecule is CC(=O)N1CCCc2cc(NC(=O)c3cccc([N+](=O)[O-])c3)ccc21. The van der Waals surface area contributed by atoms with Gasteiger partial charge in [0.1, 0.15) is 0 Å². The number of carbonyl (C=O) groups excluding carboxylic acids is 2. The minimum absolute atomic E-state index is 0.00525. The molecule has 0 radical (unpaired) electrons. The molecular weight excluding hydrogens is 322 g/mol. The van der Waals surface area contributed by atoms with Crippen molar-refractivity contribution in [2.75, 3.05) is 16.8 Å². The Balaban J connectivity index is 1.82. The monoisotopic (exact) mass is 339 g/mol. The number of anilines is 2. The normalized spacial score (nSPS) is 13.1. The van der Waals surface area contributed by atoms with Crippen molar-refractivity contribution >= 4 is 28.9 Å². The third-order valence-corrected chi connectivity index (χ3v) is 4.16. The van der Waals surface area contributed by atoms with Gasteiger partial charge < -0.3 is 10.2 Å². The van der Waals surface area contributed by atoms with Crippen LogP contribution in [-0.2, 0) is 11.2 Å². The van der Waals surface area contributed by atoms with E-state index in [0.29, 0.717) is 12.2 Å². The van der Waals surface area contributed by atoms with Crippen molar-refractivity contribution in [2.45, 2.75) is 19.8 Å². The van der Waals surface area contributed by atoms with Crippen molar-refractivity contribution in [1.29, 1.82) is 0 Å². The van der Waals surface area contributed by atoms with E-state index < -0.39 is 10.8 Å². The lowest BCUT2D eigenvalue weighted by Gasteiger charge is -2.29. The first-order chi connectivity index (χ1) is 12.0. The lowest BCUT2D eigenvalue weighted by Crippen LogP contribution is -2.33. The van der Waals surface area contributed by atoms with Crippen molar-refractivity contribution in [3.63, 3.8) is 0 Å². The Kier molecular flexibility index (Phi) is 4.47. The van der Waals surface area contributed by atoms with Crippen LogP contribution < -0.4 is 10.2 Å². The molecule has 1 N–H and O–H groups in total. The molecule has 3 rings (SSSR count). The number of nitro benzene ring substituents is 1. The molecule has 2 aromatic carbocycles. The maximum Gasteiger partial charge on any atom is 0.270 e. The Morgan fingerprint density at radius 2 is 2.00 bits per heavy atom. The largest absolute Gasteiger partial charge is 0.322 e. The van der Waals surface area contributed by atoms with E-state index >= 15 is 0 Å². The molecule has 0 saturated heterocycles. The van der Waals surface area contributed by atoms with Gasteiger partial charge in [-0.2, -0.15) is 0 Å². The summed E-state index contributed by atoms with van der Waals surface area (Å²) in [6, 6.07) is 11.0. The summed E-state index contributed by atoms with van der Waals surface area (Å²) < 4.78 is 0. The molecule has 0 saturated carbocycles. The molecule has 0 bridgehead atoms. The van der Waals surface area contributed by atoms with Crippen LogP contribution in [0.15, 0.2) is 42.5 Å². The number of aryl methyl sites for hydroxylation is 1. The van der Waals surface area contributed by atoms with E-state index in [2.05, 4.69) is 5.32 Å². The molecule has 7 heteroatoms. The molecule has 1 aliphatic rings. The number of benzene rings is 2. The quantitative estimate of drug-likeness (QED) is 0.687. The molecule has 25 heavy (non-hydrogen) atoms. The Hall–Kier alpha value is -3.22. The van der Waals surface area contributed by atoms with E-state index in [-0.39, 0.29) is 17.2 Å². The summed E-state index contributed by atoms with van der Waals surface area (Å²) in [4.78, 5) is 36.0. The number of hydrogen-bond acceptors (Lipinski definition) is 4. The minimum Gasteiger partial charge on any atom is -0.322 e. The van der Waals surface area contributed by atoms with Crippen LogP contribution in [0.3, 0.4) is 0 Å². The van der Waals surface area contributed by atoms with E-state index in [1.54, 1.807) is 11.0 Å². The molecule has 0 atom stereocenters. The van der Waals surface area contributed by atoms with E-state index in [9.17, 15) is 19.7 Å². The van der Waals surface area contributed by atoms with Gasteiger partial charge in [-0.15, -0.1) is 0 Å². The standard InChI is InChI=1S/C18H17N3O4/c1-12(22)20-9-3-5-13-10-15(7-8-17(13)20)19-18(23)14-4-2-6-16(11-14)21(24)25/h2,4,6-8,10-11H,3,5,9H2,1H3,(H,19,23). The third kappa shape index (κ3) is 3.50. The molecule has 0 aromatic heterocycles. The number of fused-ring (bicyclic) bond motifs is 1. The first-order valence-electron chi connectivity index (χ1n) is 7.92. The Morgan fingerprint density at radius 1 is 1.20 bits per heavy atom. The van der Waals surface area contributed by atoms with Gasteiger partial charge in [0.2, 0.25) is 5.91 Å². The fourth-order valence-electron chi connectivity index (χ4n) is 2.97. The van der Waals surface area contributed by atoms with Crippen LogP contribution in [0, 0.1) is 10.1 Å². The van der Waals surface area contributed by atoms with Crippen LogP contribution in [0.25, 0.3) is 0 Å². The summed E-state index contributed by atoms with van der Waals surface area (Å²) in [6.07, 6.45) is 1.70. The summed E-state index contributed by atoms with van der Waals surface area (Å²) in [7, 11) is 0. The zero-order valence-electron chi connectivity index (χ0n) is 13.7. The molecule has 7 nitrogen and oxygen atoms in total. The van der Waals surface area contributed by atoms with E-state index in [0.717, 1.165) is 24.1 Å². The lowest BCUT2D eigenvalue weighted by atomic mass is 10.0. The Morgan fingerprint density at radius 3 is 2.72 bits per heavy atom. The van der Waals surface area contributed by atoms with Gasteiger partial charge in [-0.05, 0) is 42.7 Å². The number of nitrogens with zero attached hydrogens (tertiary/aromatic N) is 2. The summed E-state index contributed by atoms with van der Waals surface area (Å²) in [5.74, 6) is -0.419. The second kappa shape index (κ2) is 6.72.